The van der Waals surface area contributed by atoms with Gasteiger partial charge < -0.3 is 0 Å². The molecule has 7 nitrogen and oxygen atoms in total. The second-order valence-electron chi connectivity index (χ2n) is 29.4. The highest BCUT2D eigenvalue weighted by molar-refractivity contribution is 5.41. The molecule has 3 heterocycles. The smallest absolute Gasteiger partial charge is 0.0991 e. The molecule has 0 fully saturated rings. The van der Waals surface area contributed by atoms with Crippen LogP contribution in [0.15, 0.2) is 207 Å². The molecule has 9 rings (SSSR count). The van der Waals surface area contributed by atoms with E-state index in [4.69, 9.17) is 11.7 Å². The highest BCUT2D eigenvalue weighted by Crippen LogP contribution is 2.27. The first-order chi connectivity index (χ1) is 39.7. The fourth-order valence-corrected chi connectivity index (χ4v) is 9.41. The van der Waals surface area contributed by atoms with Gasteiger partial charge in [-0.15, -0.1) is 6.42 Å². The summed E-state index contributed by atoms with van der Waals surface area (Å²) in [5.74, 6) is 2.62. The summed E-state index contributed by atoms with van der Waals surface area (Å²) in [5, 5.41) is 21.5. The van der Waals surface area contributed by atoms with Gasteiger partial charge in [0, 0.05) is 42.7 Å². The van der Waals surface area contributed by atoms with Gasteiger partial charge in [0.15, 0.2) is 0 Å². The maximum absolute atomic E-state index is 8.71. The van der Waals surface area contributed by atoms with Crippen molar-refractivity contribution < 1.29 is 0 Å². The molecule has 0 spiro atoms. The molecule has 0 bridgehead atoms. The molecule has 448 valence electrons. The first-order valence-corrected chi connectivity index (χ1v) is 30.1. The minimum Gasteiger partial charge on any atom is -0.241 e. The van der Waals surface area contributed by atoms with Crippen molar-refractivity contribution in [2.24, 2.45) is 32.5 Å². The number of aromatic nitrogens is 6. The minimum atomic E-state index is 0.286. The molecular formula is C78H101N7. The third-order valence-corrected chi connectivity index (χ3v) is 12.5. The quantitative estimate of drug-likeness (QED) is 0.135. The van der Waals surface area contributed by atoms with Crippen LogP contribution >= 0.6 is 0 Å². The van der Waals surface area contributed by atoms with Crippen LogP contribution in [0.5, 0.6) is 0 Å². The van der Waals surface area contributed by atoms with Crippen molar-refractivity contribution >= 4 is 0 Å². The van der Waals surface area contributed by atoms with Gasteiger partial charge in [0.2, 0.25) is 0 Å². The Morgan fingerprint density at radius 2 is 0.718 bits per heavy atom. The van der Waals surface area contributed by atoms with E-state index in [9.17, 15) is 0 Å². The average molecular weight is 1140 g/mol. The van der Waals surface area contributed by atoms with E-state index in [2.05, 4.69) is 273 Å². The number of benzene rings is 6. The summed E-state index contributed by atoms with van der Waals surface area (Å²) in [6, 6.07) is 60.3. The van der Waals surface area contributed by atoms with Crippen LogP contribution in [0.2, 0.25) is 0 Å². The van der Waals surface area contributed by atoms with Gasteiger partial charge in [-0.2, -0.15) is 20.6 Å². The van der Waals surface area contributed by atoms with Crippen molar-refractivity contribution in [1.29, 1.82) is 5.26 Å². The first kappa shape index (κ1) is 69.5. The van der Waals surface area contributed by atoms with E-state index >= 15 is 0 Å². The first-order valence-electron chi connectivity index (χ1n) is 30.1. The molecule has 3 aromatic heterocycles. The van der Waals surface area contributed by atoms with Gasteiger partial charge in [-0.25, -0.2) is 14.0 Å². The number of nitriles is 1. The largest absolute Gasteiger partial charge is 0.241 e. The number of hydrogen-bond donors (Lipinski definition) is 0. The Kier molecular flexibility index (Phi) is 26.4. The molecule has 0 unspecified atom stereocenters. The Balaban J connectivity index is 0.000000220. The maximum atomic E-state index is 8.71. The Bertz CT molecular complexity index is 3340. The Labute approximate surface area is 514 Å². The molecule has 0 aliphatic heterocycles. The van der Waals surface area contributed by atoms with Gasteiger partial charge in [0.1, 0.15) is 0 Å². The number of terminal acetylenes is 1. The van der Waals surface area contributed by atoms with Crippen LogP contribution in [-0.2, 0) is 38.5 Å². The molecule has 0 aliphatic carbocycles. The Morgan fingerprint density at radius 1 is 0.341 bits per heavy atom. The van der Waals surface area contributed by atoms with E-state index in [0.717, 1.165) is 61.0 Å². The Hall–Kier alpha value is -8.00. The molecule has 0 radical (unpaired) electrons. The molecule has 6 aromatic carbocycles. The monoisotopic (exact) mass is 1140 g/mol. The van der Waals surface area contributed by atoms with E-state index in [1.54, 1.807) is 12.4 Å². The topological polar surface area (TPSA) is 77.2 Å². The fourth-order valence-electron chi connectivity index (χ4n) is 9.41. The van der Waals surface area contributed by atoms with E-state index in [1.807, 2.05) is 87.4 Å². The van der Waals surface area contributed by atoms with Crippen LogP contribution in [0.3, 0.4) is 0 Å². The van der Waals surface area contributed by atoms with Crippen molar-refractivity contribution in [3.05, 3.63) is 252 Å². The number of rotatable bonds is 9. The van der Waals surface area contributed by atoms with E-state index in [0.29, 0.717) is 27.1 Å². The van der Waals surface area contributed by atoms with Crippen LogP contribution in [0.25, 0.3) is 17.1 Å². The molecule has 0 N–H and O–H groups in total. The maximum Gasteiger partial charge on any atom is 0.0991 e. The summed E-state index contributed by atoms with van der Waals surface area (Å²) in [6.45, 7) is 40.4. The zero-order valence-corrected chi connectivity index (χ0v) is 55.1. The average Bonchev–Trinajstić information content (AvgIpc) is 4.38. The molecular weight excluding hydrogens is 1030 g/mol. The van der Waals surface area contributed by atoms with Crippen LogP contribution in [0.4, 0.5) is 0 Å². The van der Waals surface area contributed by atoms with Crippen molar-refractivity contribution in [3.63, 3.8) is 0 Å². The normalized spacial score (nSPS) is 11.4. The lowest BCUT2D eigenvalue weighted by Gasteiger charge is -2.20. The van der Waals surface area contributed by atoms with E-state index < -0.39 is 0 Å². The van der Waals surface area contributed by atoms with Gasteiger partial charge in [-0.1, -0.05) is 228 Å². The summed E-state index contributed by atoms with van der Waals surface area (Å²) in [4.78, 5) is 0. The number of hydrogen-bond acceptors (Lipinski definition) is 4. The predicted molar refractivity (Wildman–Crippen MR) is 362 cm³/mol. The molecule has 0 saturated carbocycles. The van der Waals surface area contributed by atoms with Crippen LogP contribution in [0, 0.1) is 56.2 Å². The Morgan fingerprint density at radius 3 is 1.15 bits per heavy atom. The van der Waals surface area contributed by atoms with Crippen LogP contribution in [-0.4, -0.2) is 29.3 Å². The summed E-state index contributed by atoms with van der Waals surface area (Å²) < 4.78 is 5.70. The van der Waals surface area contributed by atoms with Gasteiger partial charge in [-0.3, -0.25) is 0 Å². The van der Waals surface area contributed by atoms with Gasteiger partial charge >= 0.3 is 0 Å². The van der Waals surface area contributed by atoms with Crippen molar-refractivity contribution in [2.75, 3.05) is 0 Å². The molecule has 9 aromatic rings. The van der Waals surface area contributed by atoms with Crippen LogP contribution < -0.4 is 0 Å². The van der Waals surface area contributed by atoms with Crippen molar-refractivity contribution in [2.45, 2.75) is 163 Å². The molecule has 85 heavy (non-hydrogen) atoms. The zero-order chi connectivity index (χ0) is 62.9. The summed E-state index contributed by atoms with van der Waals surface area (Å²) >= 11 is 0. The molecule has 0 amide bonds. The summed E-state index contributed by atoms with van der Waals surface area (Å²) in [7, 11) is 0. The lowest BCUT2D eigenvalue weighted by Crippen LogP contribution is -2.11. The highest BCUT2D eigenvalue weighted by Gasteiger charge is 2.17. The second kappa shape index (κ2) is 32.3. The third-order valence-electron chi connectivity index (χ3n) is 12.5. The standard InChI is InChI=1S/3C14H18N2.C13H16.C12H15N.C11H16/c1-14(2,3)11-12-5-7-13(8-6-12)16-10-4-9-15-16;1-14(2,3)11-12-6-4-7-13(10-12)16-9-5-8-15-16;1-14(2,3)11-12-7-4-5-8-13(12)16-10-6-9-15-16;1-5-11-6-8-12(9-7-11)10-13(2,3)4;1-12(2,3)8-10-5-4-6-11(7-10)9-13;1-11(2,3)9-10-7-5-4-6-8-10/h3*4-10H,11H2,1-3H3;1,6-9H,10H2,2-4H3;4-7H,8H2,1-3H3;4-8H,9H2,1-3H3. The van der Waals surface area contributed by atoms with Gasteiger partial charge in [-0.05, 0) is 177 Å². The van der Waals surface area contributed by atoms with Crippen molar-refractivity contribution in [1.82, 2.24) is 29.3 Å². The summed E-state index contributed by atoms with van der Waals surface area (Å²) in [6.07, 6.45) is 23.1. The highest BCUT2D eigenvalue weighted by atomic mass is 15.3. The second-order valence-corrected chi connectivity index (χ2v) is 29.4. The number of nitrogens with zero attached hydrogens (tertiary/aromatic N) is 7. The molecule has 0 saturated heterocycles. The lowest BCUT2D eigenvalue weighted by atomic mass is 9.87. The van der Waals surface area contributed by atoms with E-state index in [-0.39, 0.29) is 5.41 Å². The number of para-hydroxylation sites is 1. The molecule has 0 atom stereocenters. The fraction of sp³-hybridized carbons (Fsp3) is 0.385. The SMILES string of the molecule is C#Cc1ccc(CC(C)(C)C)cc1.CC(C)(C)Cc1ccc(-n2cccn2)cc1.CC(C)(C)Cc1cccc(-n2cccn2)c1.CC(C)(C)Cc1cccc(C#N)c1.CC(C)(C)Cc1ccccc1.CC(C)(C)Cc1ccccc1-n1cccn1. The lowest BCUT2D eigenvalue weighted by molar-refractivity contribution is 0.410. The molecule has 0 aliphatic rings. The summed E-state index contributed by atoms with van der Waals surface area (Å²) in [5.41, 5.74) is 15.2. The predicted octanol–water partition coefficient (Wildman–Crippen LogP) is 20.1. The van der Waals surface area contributed by atoms with Gasteiger partial charge in [0.25, 0.3) is 0 Å². The minimum absolute atomic E-state index is 0.286. The molecule has 7 heteroatoms. The van der Waals surface area contributed by atoms with Crippen LogP contribution in [0.1, 0.15) is 169 Å². The van der Waals surface area contributed by atoms with Gasteiger partial charge in [0.05, 0.1) is 28.7 Å². The van der Waals surface area contributed by atoms with Crippen molar-refractivity contribution in [3.8, 4) is 35.5 Å². The zero-order valence-electron chi connectivity index (χ0n) is 55.1. The van der Waals surface area contributed by atoms with E-state index in [1.165, 1.54) is 39.1 Å². The third kappa shape index (κ3) is 29.9.